The summed E-state index contributed by atoms with van der Waals surface area (Å²) in [7, 11) is 1.53. The van der Waals surface area contributed by atoms with Crippen molar-refractivity contribution in [3.8, 4) is 0 Å². The molecule has 0 aliphatic heterocycles. The van der Waals surface area contributed by atoms with Crippen molar-refractivity contribution in [1.82, 2.24) is 4.98 Å². The number of rotatable bonds is 3. The molecule has 0 spiro atoms. The lowest BCUT2D eigenvalue weighted by Gasteiger charge is -2.43. The van der Waals surface area contributed by atoms with E-state index in [0.717, 1.165) is 25.1 Å². The molecule has 6 heteroatoms. The maximum Gasteiger partial charge on any atom is 0.416 e. The Morgan fingerprint density at radius 1 is 1.48 bits per heavy atom. The molecule has 1 aliphatic carbocycles. The fourth-order valence-corrected chi connectivity index (χ4v) is 3.33. The summed E-state index contributed by atoms with van der Waals surface area (Å²) in [6.07, 6.45) is 1.21. The van der Waals surface area contributed by atoms with E-state index in [9.17, 15) is 13.2 Å². The van der Waals surface area contributed by atoms with E-state index in [1.807, 2.05) is 0 Å². The van der Waals surface area contributed by atoms with Crippen molar-refractivity contribution in [1.29, 1.82) is 0 Å². The molecule has 2 rings (SSSR count). The van der Waals surface area contributed by atoms with Crippen LogP contribution in [0.25, 0.3) is 0 Å². The van der Waals surface area contributed by atoms with Crippen molar-refractivity contribution >= 4 is 0 Å². The Morgan fingerprint density at radius 2 is 2.19 bits per heavy atom. The fourth-order valence-electron chi connectivity index (χ4n) is 3.33. The summed E-state index contributed by atoms with van der Waals surface area (Å²) in [5.74, 6) is 0.385. The molecule has 3 atom stereocenters. The van der Waals surface area contributed by atoms with Crippen molar-refractivity contribution in [3.63, 3.8) is 0 Å². The third kappa shape index (κ3) is 3.21. The predicted octanol–water partition coefficient (Wildman–Crippen LogP) is 3.70. The van der Waals surface area contributed by atoms with Crippen LogP contribution in [0.1, 0.15) is 49.8 Å². The predicted molar refractivity (Wildman–Crippen MR) is 73.5 cm³/mol. The first-order valence-corrected chi connectivity index (χ1v) is 7.12. The van der Waals surface area contributed by atoms with Crippen LogP contribution < -0.4 is 5.73 Å². The van der Waals surface area contributed by atoms with Gasteiger partial charge in [0.2, 0.25) is 0 Å². The van der Waals surface area contributed by atoms with E-state index in [2.05, 4.69) is 11.9 Å². The smallest absolute Gasteiger partial charge is 0.376 e. The third-order valence-electron chi connectivity index (χ3n) is 4.46. The van der Waals surface area contributed by atoms with Crippen LogP contribution in [0.4, 0.5) is 13.2 Å². The van der Waals surface area contributed by atoms with Gasteiger partial charge < -0.3 is 10.5 Å². The molecule has 21 heavy (non-hydrogen) atoms. The number of ether oxygens (including phenoxy) is 1. The first-order valence-electron chi connectivity index (χ1n) is 7.12. The van der Waals surface area contributed by atoms with Gasteiger partial charge in [-0.15, -0.1) is 0 Å². The summed E-state index contributed by atoms with van der Waals surface area (Å²) in [5, 5.41) is 0. The average molecular weight is 302 g/mol. The second-order valence-electron chi connectivity index (χ2n) is 5.91. The van der Waals surface area contributed by atoms with Gasteiger partial charge in [-0.25, -0.2) is 0 Å². The molecule has 118 valence electrons. The quantitative estimate of drug-likeness (QED) is 0.926. The Morgan fingerprint density at radius 3 is 2.76 bits per heavy atom. The molecule has 0 bridgehead atoms. The number of alkyl halides is 3. The Bertz CT molecular complexity index is 492. The summed E-state index contributed by atoms with van der Waals surface area (Å²) < 4.78 is 45.1. The molecule has 1 aromatic heterocycles. The summed E-state index contributed by atoms with van der Waals surface area (Å²) >= 11 is 0. The molecule has 2 N–H and O–H groups in total. The minimum Gasteiger partial charge on any atom is -0.376 e. The maximum absolute atomic E-state index is 13.2. The highest BCUT2D eigenvalue weighted by molar-refractivity contribution is 5.31. The van der Waals surface area contributed by atoms with E-state index in [1.54, 1.807) is 0 Å². The zero-order valence-electron chi connectivity index (χ0n) is 12.3. The number of nitrogens with two attached hydrogens (primary N) is 1. The van der Waals surface area contributed by atoms with E-state index in [-0.39, 0.29) is 5.56 Å². The van der Waals surface area contributed by atoms with Gasteiger partial charge >= 0.3 is 6.18 Å². The second-order valence-corrected chi connectivity index (χ2v) is 5.91. The summed E-state index contributed by atoms with van der Waals surface area (Å²) in [6, 6.07) is 0.140. The molecule has 3 unspecified atom stereocenters. The lowest BCUT2D eigenvalue weighted by atomic mass is 9.72. The molecular formula is C15H21F3N2O. The first kappa shape index (κ1) is 16.2. The molecule has 0 aromatic carbocycles. The largest absolute Gasteiger partial charge is 0.416 e. The molecule has 1 saturated carbocycles. The minimum atomic E-state index is -4.44. The van der Waals surface area contributed by atoms with Gasteiger partial charge in [0.25, 0.3) is 0 Å². The lowest BCUT2D eigenvalue weighted by molar-refractivity contribution is -0.139. The van der Waals surface area contributed by atoms with E-state index in [0.29, 0.717) is 18.8 Å². The van der Waals surface area contributed by atoms with Crippen LogP contribution in [-0.4, -0.2) is 17.7 Å². The summed E-state index contributed by atoms with van der Waals surface area (Å²) in [6.45, 7) is 2.08. The average Bonchev–Trinajstić information content (AvgIpc) is 2.45. The zero-order chi connectivity index (χ0) is 15.7. The van der Waals surface area contributed by atoms with Crippen molar-refractivity contribution < 1.29 is 17.9 Å². The Balaban J connectivity index is 2.41. The van der Waals surface area contributed by atoms with E-state index >= 15 is 0 Å². The highest BCUT2D eigenvalue weighted by atomic mass is 19.4. The summed E-state index contributed by atoms with van der Waals surface area (Å²) in [4.78, 5) is 3.82. The minimum absolute atomic E-state index is 0.0148. The third-order valence-corrected chi connectivity index (χ3v) is 4.46. The molecule has 3 nitrogen and oxygen atoms in total. The van der Waals surface area contributed by atoms with Gasteiger partial charge in [-0.05, 0) is 24.8 Å². The Labute approximate surface area is 122 Å². The van der Waals surface area contributed by atoms with Gasteiger partial charge in [-0.2, -0.15) is 13.2 Å². The standard InChI is InChI=1S/C15H21F3N2O/c1-10-4-3-6-14(8-10,21-2)13(19)11-9-20-7-5-12(11)15(16,17)18/h5,7,9-10,13H,3-4,6,8,19H2,1-2H3. The molecule has 1 fully saturated rings. The zero-order valence-corrected chi connectivity index (χ0v) is 12.3. The van der Waals surface area contributed by atoms with Crippen molar-refractivity contribution in [2.24, 2.45) is 11.7 Å². The van der Waals surface area contributed by atoms with Gasteiger partial charge in [0.05, 0.1) is 17.2 Å². The topological polar surface area (TPSA) is 48.1 Å². The highest BCUT2D eigenvalue weighted by Crippen LogP contribution is 2.44. The van der Waals surface area contributed by atoms with Crippen molar-refractivity contribution in [3.05, 3.63) is 29.6 Å². The number of halogens is 3. The molecule has 0 saturated heterocycles. The van der Waals surface area contributed by atoms with Crippen LogP contribution in [-0.2, 0) is 10.9 Å². The van der Waals surface area contributed by atoms with Gasteiger partial charge in [-0.1, -0.05) is 19.8 Å². The summed E-state index contributed by atoms with van der Waals surface area (Å²) in [5.41, 5.74) is 4.75. The lowest BCUT2D eigenvalue weighted by Crippen LogP contribution is -2.47. The van der Waals surface area contributed by atoms with Crippen LogP contribution in [0, 0.1) is 5.92 Å². The normalized spacial score (nSPS) is 28.4. The van der Waals surface area contributed by atoms with E-state index in [4.69, 9.17) is 10.5 Å². The monoisotopic (exact) mass is 302 g/mol. The number of hydrogen-bond acceptors (Lipinski definition) is 3. The number of nitrogens with zero attached hydrogens (tertiary/aromatic N) is 1. The molecule has 0 radical (unpaired) electrons. The van der Waals surface area contributed by atoms with E-state index in [1.165, 1.54) is 13.3 Å². The number of pyridine rings is 1. The van der Waals surface area contributed by atoms with Crippen LogP contribution in [0.15, 0.2) is 18.5 Å². The van der Waals surface area contributed by atoms with Crippen LogP contribution in [0.3, 0.4) is 0 Å². The number of aromatic nitrogens is 1. The first-order chi connectivity index (χ1) is 9.80. The highest BCUT2D eigenvalue weighted by Gasteiger charge is 2.44. The van der Waals surface area contributed by atoms with Gasteiger partial charge in [0.15, 0.2) is 0 Å². The second kappa shape index (κ2) is 5.93. The van der Waals surface area contributed by atoms with E-state index < -0.39 is 23.4 Å². The molecule has 0 amide bonds. The number of methoxy groups -OCH3 is 1. The maximum atomic E-state index is 13.2. The SMILES string of the molecule is COC1(C(N)c2cnccc2C(F)(F)F)CCCC(C)C1. The van der Waals surface area contributed by atoms with Crippen LogP contribution in [0.5, 0.6) is 0 Å². The molecule has 1 aliphatic rings. The molecule has 1 aromatic rings. The van der Waals surface area contributed by atoms with Crippen LogP contribution >= 0.6 is 0 Å². The Kier molecular flexibility index (Phi) is 4.58. The Hall–Kier alpha value is -1.14. The van der Waals surface area contributed by atoms with Gasteiger partial charge in [-0.3, -0.25) is 4.98 Å². The fraction of sp³-hybridized carbons (Fsp3) is 0.667. The van der Waals surface area contributed by atoms with Gasteiger partial charge in [0, 0.05) is 25.1 Å². The van der Waals surface area contributed by atoms with Crippen molar-refractivity contribution in [2.45, 2.75) is 50.4 Å². The molecular weight excluding hydrogens is 281 g/mol. The van der Waals surface area contributed by atoms with Crippen molar-refractivity contribution in [2.75, 3.05) is 7.11 Å². The molecule has 1 heterocycles. The van der Waals surface area contributed by atoms with Gasteiger partial charge in [0.1, 0.15) is 0 Å². The van der Waals surface area contributed by atoms with Crippen LogP contribution in [0.2, 0.25) is 0 Å². The number of hydrogen-bond donors (Lipinski definition) is 1.